The normalized spacial score (nSPS) is 12.0. The number of benzene rings is 2. The summed E-state index contributed by atoms with van der Waals surface area (Å²) >= 11 is 0. The molecule has 0 bridgehead atoms. The van der Waals surface area contributed by atoms with Crippen molar-refractivity contribution in [3.8, 4) is 0 Å². The first-order valence-electron chi connectivity index (χ1n) is 10.9. The number of carbonyl (C=O) groups excluding carboxylic acids is 2. The molecule has 2 aromatic rings. The first kappa shape index (κ1) is 23.7. The van der Waals surface area contributed by atoms with Gasteiger partial charge in [0.1, 0.15) is 6.04 Å². The number of carbonyl (C=O) groups is 2. The lowest BCUT2D eigenvalue weighted by atomic mass is 10.0. The number of amides is 2. The predicted octanol–water partition coefficient (Wildman–Crippen LogP) is 4.73. The topological polar surface area (TPSA) is 49.4 Å². The van der Waals surface area contributed by atoms with Gasteiger partial charge in [0, 0.05) is 13.1 Å². The smallest absolute Gasteiger partial charge is 0.242 e. The molecule has 0 spiro atoms. The van der Waals surface area contributed by atoms with E-state index in [9.17, 15) is 9.59 Å². The van der Waals surface area contributed by atoms with Crippen molar-refractivity contribution in [1.82, 2.24) is 10.2 Å². The van der Waals surface area contributed by atoms with Crippen LogP contribution in [0.1, 0.15) is 55.0 Å². The summed E-state index contributed by atoms with van der Waals surface area (Å²) in [6, 6.07) is 13.8. The van der Waals surface area contributed by atoms with E-state index >= 15 is 0 Å². The molecule has 2 amide bonds. The van der Waals surface area contributed by atoms with E-state index in [0.717, 1.165) is 27.8 Å². The minimum Gasteiger partial charge on any atom is -0.354 e. The SMILES string of the molecule is CCC(C(=O)NCC(C)C)N(Cc1ccccc1C)C(=O)Cc1cc(C)cc(C)c1. The fourth-order valence-electron chi connectivity index (χ4n) is 3.76. The van der Waals surface area contributed by atoms with Gasteiger partial charge in [-0.25, -0.2) is 0 Å². The Bertz CT molecular complexity index is 853. The van der Waals surface area contributed by atoms with Gasteiger partial charge in [0.05, 0.1) is 6.42 Å². The Morgan fingerprint density at radius 1 is 1.00 bits per heavy atom. The first-order chi connectivity index (χ1) is 14.2. The van der Waals surface area contributed by atoms with Gasteiger partial charge in [-0.3, -0.25) is 9.59 Å². The molecule has 4 heteroatoms. The van der Waals surface area contributed by atoms with Crippen LogP contribution in [-0.2, 0) is 22.6 Å². The molecular formula is C26H36N2O2. The Hall–Kier alpha value is -2.62. The number of aryl methyl sites for hydroxylation is 3. The standard InChI is InChI=1S/C26H36N2O2/c1-7-24(26(30)27-16-18(2)3)28(17-23-11-9-8-10-21(23)6)25(29)15-22-13-19(4)12-20(5)14-22/h8-14,18,24H,7,15-17H2,1-6H3,(H,27,30). The van der Waals surface area contributed by atoms with E-state index in [1.54, 1.807) is 4.90 Å². The van der Waals surface area contributed by atoms with Crippen LogP contribution >= 0.6 is 0 Å². The van der Waals surface area contributed by atoms with Crippen LogP contribution in [0.3, 0.4) is 0 Å². The van der Waals surface area contributed by atoms with Crippen molar-refractivity contribution in [2.75, 3.05) is 6.54 Å². The molecule has 0 aromatic heterocycles. The monoisotopic (exact) mass is 408 g/mol. The second kappa shape index (κ2) is 11.0. The zero-order valence-corrected chi connectivity index (χ0v) is 19.3. The number of hydrogen-bond acceptors (Lipinski definition) is 2. The third-order valence-electron chi connectivity index (χ3n) is 5.31. The van der Waals surface area contributed by atoms with Crippen LogP contribution in [0.25, 0.3) is 0 Å². The number of hydrogen-bond donors (Lipinski definition) is 1. The van der Waals surface area contributed by atoms with Crippen molar-refractivity contribution in [2.45, 2.75) is 67.0 Å². The van der Waals surface area contributed by atoms with Gasteiger partial charge in [-0.15, -0.1) is 0 Å². The van der Waals surface area contributed by atoms with E-state index in [-0.39, 0.29) is 11.8 Å². The van der Waals surface area contributed by atoms with Gasteiger partial charge < -0.3 is 10.2 Å². The van der Waals surface area contributed by atoms with E-state index in [0.29, 0.717) is 31.8 Å². The minimum atomic E-state index is -0.484. The van der Waals surface area contributed by atoms with Crippen molar-refractivity contribution in [3.05, 3.63) is 70.3 Å². The molecular weight excluding hydrogens is 372 g/mol. The van der Waals surface area contributed by atoms with Gasteiger partial charge in [0.2, 0.25) is 11.8 Å². The van der Waals surface area contributed by atoms with Gasteiger partial charge in [0.15, 0.2) is 0 Å². The fraction of sp³-hybridized carbons (Fsp3) is 0.462. The van der Waals surface area contributed by atoms with E-state index in [4.69, 9.17) is 0 Å². The lowest BCUT2D eigenvalue weighted by Gasteiger charge is -2.31. The molecule has 0 fully saturated rings. The second-order valence-electron chi connectivity index (χ2n) is 8.68. The lowest BCUT2D eigenvalue weighted by Crippen LogP contribution is -2.50. The largest absolute Gasteiger partial charge is 0.354 e. The van der Waals surface area contributed by atoms with Gasteiger partial charge in [-0.1, -0.05) is 74.4 Å². The Morgan fingerprint density at radius 2 is 1.63 bits per heavy atom. The highest BCUT2D eigenvalue weighted by Gasteiger charge is 2.29. The van der Waals surface area contributed by atoms with Gasteiger partial charge in [0.25, 0.3) is 0 Å². The molecule has 0 saturated carbocycles. The van der Waals surface area contributed by atoms with Crippen LogP contribution in [0.2, 0.25) is 0 Å². The molecule has 1 atom stereocenters. The van der Waals surface area contributed by atoms with Crippen molar-refractivity contribution in [3.63, 3.8) is 0 Å². The second-order valence-corrected chi connectivity index (χ2v) is 8.68. The predicted molar refractivity (Wildman–Crippen MR) is 123 cm³/mol. The molecule has 0 saturated heterocycles. The average Bonchev–Trinajstić information content (AvgIpc) is 2.66. The zero-order chi connectivity index (χ0) is 22.3. The summed E-state index contributed by atoms with van der Waals surface area (Å²) in [7, 11) is 0. The molecule has 0 heterocycles. The number of nitrogens with one attached hydrogen (secondary N) is 1. The first-order valence-corrected chi connectivity index (χ1v) is 10.9. The van der Waals surface area contributed by atoms with Crippen LogP contribution in [0.4, 0.5) is 0 Å². The molecule has 162 valence electrons. The molecule has 4 nitrogen and oxygen atoms in total. The van der Waals surface area contributed by atoms with E-state index in [2.05, 4.69) is 37.4 Å². The van der Waals surface area contributed by atoms with Crippen LogP contribution in [-0.4, -0.2) is 29.3 Å². The fourth-order valence-corrected chi connectivity index (χ4v) is 3.76. The van der Waals surface area contributed by atoms with Crippen molar-refractivity contribution in [2.24, 2.45) is 5.92 Å². The third-order valence-corrected chi connectivity index (χ3v) is 5.31. The highest BCUT2D eigenvalue weighted by molar-refractivity contribution is 5.88. The molecule has 0 aliphatic carbocycles. The Morgan fingerprint density at radius 3 is 2.20 bits per heavy atom. The minimum absolute atomic E-state index is 0.0187. The van der Waals surface area contributed by atoms with Gasteiger partial charge in [-0.05, 0) is 49.8 Å². The van der Waals surface area contributed by atoms with Crippen molar-refractivity contribution < 1.29 is 9.59 Å². The van der Waals surface area contributed by atoms with Crippen LogP contribution < -0.4 is 5.32 Å². The summed E-state index contributed by atoms with van der Waals surface area (Å²) in [6.07, 6.45) is 0.872. The third kappa shape index (κ3) is 6.72. The highest BCUT2D eigenvalue weighted by Crippen LogP contribution is 2.18. The molecule has 1 N–H and O–H groups in total. The Labute approximate surface area is 181 Å². The molecule has 2 aromatic carbocycles. The Kier molecular flexibility index (Phi) is 8.64. The summed E-state index contributed by atoms with van der Waals surface area (Å²) in [5.41, 5.74) is 5.47. The van der Waals surface area contributed by atoms with Crippen LogP contribution in [0.5, 0.6) is 0 Å². The summed E-state index contributed by atoms with van der Waals surface area (Å²) in [5, 5.41) is 3.02. The molecule has 2 rings (SSSR count). The van der Waals surface area contributed by atoms with Gasteiger partial charge >= 0.3 is 0 Å². The summed E-state index contributed by atoms with van der Waals surface area (Å²) in [4.78, 5) is 28.2. The summed E-state index contributed by atoms with van der Waals surface area (Å²) < 4.78 is 0. The van der Waals surface area contributed by atoms with Crippen molar-refractivity contribution in [1.29, 1.82) is 0 Å². The highest BCUT2D eigenvalue weighted by atomic mass is 16.2. The average molecular weight is 409 g/mol. The maximum absolute atomic E-state index is 13.4. The molecule has 0 radical (unpaired) electrons. The Balaban J connectivity index is 2.32. The van der Waals surface area contributed by atoms with E-state index < -0.39 is 6.04 Å². The van der Waals surface area contributed by atoms with Crippen LogP contribution in [0, 0.1) is 26.7 Å². The molecule has 0 aliphatic heterocycles. The summed E-state index contributed by atoms with van der Waals surface area (Å²) in [6.45, 7) is 13.3. The molecule has 1 unspecified atom stereocenters. The maximum Gasteiger partial charge on any atom is 0.242 e. The number of nitrogens with zero attached hydrogens (tertiary/aromatic N) is 1. The van der Waals surface area contributed by atoms with Crippen LogP contribution in [0.15, 0.2) is 42.5 Å². The van der Waals surface area contributed by atoms with Crippen molar-refractivity contribution >= 4 is 11.8 Å². The zero-order valence-electron chi connectivity index (χ0n) is 19.3. The van der Waals surface area contributed by atoms with E-state index in [1.165, 1.54) is 0 Å². The molecule has 30 heavy (non-hydrogen) atoms. The quantitative estimate of drug-likeness (QED) is 0.652. The summed E-state index contributed by atoms with van der Waals surface area (Å²) in [5.74, 6) is 0.269. The number of rotatable bonds is 9. The maximum atomic E-state index is 13.4. The molecule has 0 aliphatic rings. The van der Waals surface area contributed by atoms with Gasteiger partial charge in [-0.2, -0.15) is 0 Å². The lowest BCUT2D eigenvalue weighted by molar-refractivity contribution is -0.141. The van der Waals surface area contributed by atoms with E-state index in [1.807, 2.05) is 52.0 Å².